The highest BCUT2D eigenvalue weighted by Gasteiger charge is 2.23. The lowest BCUT2D eigenvalue weighted by Gasteiger charge is -2.22. The van der Waals surface area contributed by atoms with Crippen LogP contribution in [0.4, 0.5) is 4.79 Å². The van der Waals surface area contributed by atoms with E-state index in [0.29, 0.717) is 16.5 Å². The summed E-state index contributed by atoms with van der Waals surface area (Å²) < 4.78 is 5.05. The van der Waals surface area contributed by atoms with Gasteiger partial charge in [0.2, 0.25) is 0 Å². The van der Waals surface area contributed by atoms with Crippen molar-refractivity contribution in [3.05, 3.63) is 33.8 Å². The summed E-state index contributed by atoms with van der Waals surface area (Å²) in [4.78, 5) is 22.9. The molecule has 122 valence electrons. The minimum absolute atomic E-state index is 0.215. The number of carbonyl (C=O) groups excluding carboxylic acids is 1. The normalized spacial score (nSPS) is 12.6. The Morgan fingerprint density at radius 3 is 2.41 bits per heavy atom. The fourth-order valence-electron chi connectivity index (χ4n) is 1.71. The van der Waals surface area contributed by atoms with Crippen LogP contribution in [0.3, 0.4) is 0 Å². The van der Waals surface area contributed by atoms with Crippen molar-refractivity contribution in [3.8, 4) is 0 Å². The quantitative estimate of drug-likeness (QED) is 0.846. The summed E-state index contributed by atoms with van der Waals surface area (Å²) in [5.74, 6) is -1.12. The second-order valence-electron chi connectivity index (χ2n) is 5.82. The van der Waals surface area contributed by atoms with Gasteiger partial charge in [-0.3, -0.25) is 0 Å². The third kappa shape index (κ3) is 6.54. The number of carbonyl (C=O) groups is 2. The van der Waals surface area contributed by atoms with Crippen molar-refractivity contribution < 1.29 is 19.4 Å². The maximum atomic E-state index is 11.6. The van der Waals surface area contributed by atoms with E-state index in [1.54, 1.807) is 39.0 Å². The van der Waals surface area contributed by atoms with E-state index < -0.39 is 23.7 Å². The molecule has 0 radical (unpaired) electrons. The molecule has 2 N–H and O–H groups in total. The predicted octanol–water partition coefficient (Wildman–Crippen LogP) is 3.90. The van der Waals surface area contributed by atoms with Crippen LogP contribution in [0.25, 0.3) is 0 Å². The summed E-state index contributed by atoms with van der Waals surface area (Å²) in [6, 6.07) is 4.05. The first-order valence-electron chi connectivity index (χ1n) is 6.75. The molecule has 1 rings (SSSR count). The average molecular weight is 348 g/mol. The van der Waals surface area contributed by atoms with Crippen molar-refractivity contribution in [1.29, 1.82) is 0 Å². The van der Waals surface area contributed by atoms with E-state index in [0.717, 1.165) is 5.56 Å². The van der Waals surface area contributed by atoms with Crippen molar-refractivity contribution in [2.24, 2.45) is 0 Å². The summed E-state index contributed by atoms with van der Waals surface area (Å²) in [5.41, 5.74) is 0.156. The monoisotopic (exact) mass is 347 g/mol. The fraction of sp³-hybridized carbons (Fsp3) is 0.467. The lowest BCUT2D eigenvalue weighted by Crippen LogP contribution is -2.43. The molecule has 7 heteroatoms. The Bertz CT molecular complexity index is 555. The second-order valence-corrected chi connectivity index (χ2v) is 6.64. The maximum Gasteiger partial charge on any atom is 0.408 e. The molecule has 0 aliphatic rings. The second kappa shape index (κ2) is 7.70. The molecule has 0 aliphatic heterocycles. The highest BCUT2D eigenvalue weighted by atomic mass is 35.5. The van der Waals surface area contributed by atoms with E-state index in [9.17, 15) is 14.7 Å². The number of rotatable bonds is 5. The lowest BCUT2D eigenvalue weighted by molar-refractivity contribution is -0.139. The Balaban J connectivity index is 2.63. The van der Waals surface area contributed by atoms with Gasteiger partial charge in [0, 0.05) is 0 Å². The predicted molar refractivity (Wildman–Crippen MR) is 85.6 cm³/mol. The summed E-state index contributed by atoms with van der Waals surface area (Å²) in [6.45, 7) is 5.12. The van der Waals surface area contributed by atoms with Crippen molar-refractivity contribution >= 4 is 35.3 Å². The smallest absolute Gasteiger partial charge is 0.408 e. The topological polar surface area (TPSA) is 75.6 Å². The minimum atomic E-state index is -1.12. The molecule has 0 spiro atoms. The number of carboxylic acid groups (broad SMARTS) is 1. The highest BCUT2D eigenvalue weighted by molar-refractivity contribution is 6.42. The van der Waals surface area contributed by atoms with Crippen LogP contribution >= 0.6 is 23.2 Å². The Labute approximate surface area is 139 Å². The zero-order valence-electron chi connectivity index (χ0n) is 12.7. The molecule has 0 fully saturated rings. The van der Waals surface area contributed by atoms with Crippen LogP contribution in [-0.2, 0) is 16.0 Å². The van der Waals surface area contributed by atoms with Gasteiger partial charge in [0.15, 0.2) is 0 Å². The Morgan fingerprint density at radius 2 is 1.91 bits per heavy atom. The first-order chi connectivity index (χ1) is 10.1. The van der Waals surface area contributed by atoms with Crippen LogP contribution < -0.4 is 5.32 Å². The first kappa shape index (κ1) is 18.6. The average Bonchev–Trinajstić information content (AvgIpc) is 2.36. The van der Waals surface area contributed by atoms with E-state index in [2.05, 4.69) is 5.32 Å². The molecular formula is C15H19Cl2NO4. The van der Waals surface area contributed by atoms with Crippen molar-refractivity contribution in [3.63, 3.8) is 0 Å². The van der Waals surface area contributed by atoms with Gasteiger partial charge in [-0.15, -0.1) is 0 Å². The van der Waals surface area contributed by atoms with E-state index in [1.807, 2.05) is 0 Å². The molecule has 0 unspecified atom stereocenters. The number of aliphatic carboxylic acids is 1. The highest BCUT2D eigenvalue weighted by Crippen LogP contribution is 2.23. The zero-order chi connectivity index (χ0) is 16.9. The van der Waals surface area contributed by atoms with Gasteiger partial charge in [0.05, 0.1) is 10.0 Å². The first-order valence-corrected chi connectivity index (χ1v) is 7.50. The minimum Gasteiger partial charge on any atom is -0.480 e. The molecule has 0 saturated carbocycles. The van der Waals surface area contributed by atoms with E-state index in [4.69, 9.17) is 27.9 Å². The number of aryl methyl sites for hydroxylation is 1. The number of alkyl carbamates (subject to hydrolysis) is 1. The molecule has 1 aromatic rings. The largest absolute Gasteiger partial charge is 0.480 e. The van der Waals surface area contributed by atoms with E-state index in [-0.39, 0.29) is 6.42 Å². The van der Waals surface area contributed by atoms with Gasteiger partial charge in [-0.25, -0.2) is 9.59 Å². The van der Waals surface area contributed by atoms with Crippen LogP contribution in [-0.4, -0.2) is 28.8 Å². The molecule has 1 amide bonds. The summed E-state index contributed by atoms with van der Waals surface area (Å²) in [5, 5.41) is 12.4. The fourth-order valence-corrected chi connectivity index (χ4v) is 2.03. The number of benzene rings is 1. The summed E-state index contributed by atoms with van der Waals surface area (Å²) >= 11 is 11.7. The van der Waals surface area contributed by atoms with Gasteiger partial charge in [-0.2, -0.15) is 0 Å². The number of nitrogens with one attached hydrogen (secondary N) is 1. The lowest BCUT2D eigenvalue weighted by atomic mass is 10.1. The SMILES string of the molecule is CC(C)(C)OC(=O)N[C@H](CCc1ccc(Cl)c(Cl)c1)C(=O)O. The van der Waals surface area contributed by atoms with Crippen molar-refractivity contribution in [2.45, 2.75) is 45.3 Å². The molecule has 1 aromatic carbocycles. The zero-order valence-corrected chi connectivity index (χ0v) is 14.2. The van der Waals surface area contributed by atoms with E-state index >= 15 is 0 Å². The number of halogens is 2. The third-order valence-corrected chi connectivity index (χ3v) is 3.43. The molecular weight excluding hydrogens is 329 g/mol. The summed E-state index contributed by atoms with van der Waals surface area (Å²) in [7, 11) is 0. The molecule has 0 aromatic heterocycles. The Morgan fingerprint density at radius 1 is 1.27 bits per heavy atom. The third-order valence-electron chi connectivity index (χ3n) is 2.69. The van der Waals surface area contributed by atoms with Crippen molar-refractivity contribution in [2.75, 3.05) is 0 Å². The Kier molecular flexibility index (Phi) is 6.50. The maximum absolute atomic E-state index is 11.6. The molecule has 0 aliphatic carbocycles. The number of hydrogen-bond acceptors (Lipinski definition) is 3. The molecule has 5 nitrogen and oxygen atoms in total. The molecule has 0 bridgehead atoms. The van der Waals surface area contributed by atoms with Crippen LogP contribution in [0.5, 0.6) is 0 Å². The molecule has 0 heterocycles. The van der Waals surface area contributed by atoms with E-state index in [1.165, 1.54) is 0 Å². The van der Waals surface area contributed by atoms with Gasteiger partial charge in [0.1, 0.15) is 11.6 Å². The molecule has 0 saturated heterocycles. The summed E-state index contributed by atoms with van der Waals surface area (Å²) in [6.07, 6.45) is -0.107. The van der Waals surface area contributed by atoms with Gasteiger partial charge in [-0.1, -0.05) is 29.3 Å². The van der Waals surface area contributed by atoms with Gasteiger partial charge >= 0.3 is 12.1 Å². The van der Waals surface area contributed by atoms with Crippen LogP contribution in [0.15, 0.2) is 18.2 Å². The number of ether oxygens (including phenoxy) is 1. The molecule has 22 heavy (non-hydrogen) atoms. The van der Waals surface area contributed by atoms with Crippen LogP contribution in [0.1, 0.15) is 32.8 Å². The van der Waals surface area contributed by atoms with Crippen LogP contribution in [0, 0.1) is 0 Å². The number of amides is 1. The van der Waals surface area contributed by atoms with Crippen molar-refractivity contribution in [1.82, 2.24) is 5.32 Å². The van der Waals surface area contributed by atoms with Gasteiger partial charge < -0.3 is 15.2 Å². The number of carboxylic acids is 1. The number of hydrogen-bond donors (Lipinski definition) is 2. The molecule has 1 atom stereocenters. The Hall–Kier alpha value is -1.46. The van der Waals surface area contributed by atoms with Gasteiger partial charge in [-0.05, 0) is 51.3 Å². The van der Waals surface area contributed by atoms with Gasteiger partial charge in [0.25, 0.3) is 0 Å². The standard InChI is InChI=1S/C15H19Cl2NO4/c1-15(2,3)22-14(21)18-12(13(19)20)7-5-9-4-6-10(16)11(17)8-9/h4,6,8,12H,5,7H2,1-3H3,(H,18,21)(H,19,20)/t12-/m1/s1. The van der Waals surface area contributed by atoms with Crippen LogP contribution in [0.2, 0.25) is 10.0 Å².